The molecule has 88 valence electrons. The van der Waals surface area contributed by atoms with Gasteiger partial charge in [0.25, 0.3) is 0 Å². The third-order valence-corrected chi connectivity index (χ3v) is 3.62. The summed E-state index contributed by atoms with van der Waals surface area (Å²) in [6.45, 7) is 2.68. The van der Waals surface area contributed by atoms with Gasteiger partial charge in [-0.15, -0.1) is 0 Å². The summed E-state index contributed by atoms with van der Waals surface area (Å²) < 4.78 is 14.3. The molecule has 1 nitrogen and oxygen atoms in total. The van der Waals surface area contributed by atoms with E-state index in [1.54, 1.807) is 0 Å². The number of fused-ring (bicyclic) bond motifs is 1. The molecule has 2 rings (SSSR count). The zero-order valence-corrected chi connectivity index (χ0v) is 9.93. The van der Waals surface area contributed by atoms with Gasteiger partial charge >= 0.3 is 0 Å². The summed E-state index contributed by atoms with van der Waals surface area (Å²) in [5.74, 6) is 0.273. The van der Waals surface area contributed by atoms with Crippen molar-refractivity contribution in [2.75, 3.05) is 6.54 Å². The third-order valence-electron chi connectivity index (χ3n) is 3.62. The quantitative estimate of drug-likeness (QED) is 0.833. The van der Waals surface area contributed by atoms with Gasteiger partial charge in [0.05, 0.1) is 0 Å². The van der Waals surface area contributed by atoms with Crippen molar-refractivity contribution in [3.8, 4) is 0 Å². The Hall–Kier alpha value is -0.890. The van der Waals surface area contributed by atoms with Gasteiger partial charge in [0.1, 0.15) is 5.82 Å². The Morgan fingerprint density at radius 3 is 2.81 bits per heavy atom. The van der Waals surface area contributed by atoms with Crippen LogP contribution in [0.15, 0.2) is 12.1 Å². The largest absolute Gasteiger partial charge is 0.330 e. The number of rotatable bonds is 3. The molecule has 1 aromatic rings. The molecule has 1 aliphatic carbocycles. The molecular formula is C14H20FN. The van der Waals surface area contributed by atoms with Crippen LogP contribution in [0.2, 0.25) is 0 Å². The highest BCUT2D eigenvalue weighted by Gasteiger charge is 2.18. The summed E-state index contributed by atoms with van der Waals surface area (Å²) >= 11 is 0. The maximum Gasteiger partial charge on any atom is 0.130 e. The molecule has 1 aliphatic rings. The van der Waals surface area contributed by atoms with Crippen LogP contribution in [-0.2, 0) is 12.8 Å². The van der Waals surface area contributed by atoms with Gasteiger partial charge < -0.3 is 5.73 Å². The lowest BCUT2D eigenvalue weighted by atomic mass is 9.86. The second-order valence-electron chi connectivity index (χ2n) is 4.79. The summed E-state index contributed by atoms with van der Waals surface area (Å²) in [6, 6.07) is 4.07. The molecule has 0 heterocycles. The molecule has 0 saturated heterocycles. The first kappa shape index (κ1) is 11.6. The maximum atomic E-state index is 14.3. The first-order valence-corrected chi connectivity index (χ1v) is 6.24. The minimum atomic E-state index is 0.0400. The molecule has 2 heteroatoms. The van der Waals surface area contributed by atoms with Crippen molar-refractivity contribution in [3.63, 3.8) is 0 Å². The van der Waals surface area contributed by atoms with Gasteiger partial charge in [-0.3, -0.25) is 0 Å². The van der Waals surface area contributed by atoms with Crippen LogP contribution in [0.5, 0.6) is 0 Å². The molecule has 16 heavy (non-hydrogen) atoms. The fourth-order valence-electron chi connectivity index (χ4n) is 2.59. The smallest absolute Gasteiger partial charge is 0.130 e. The monoisotopic (exact) mass is 221 g/mol. The summed E-state index contributed by atoms with van der Waals surface area (Å²) in [5, 5.41) is 0. The molecule has 0 spiro atoms. The number of aryl methyl sites for hydroxylation is 1. The highest BCUT2D eigenvalue weighted by Crippen LogP contribution is 2.30. The average Bonchev–Trinajstić information content (AvgIpc) is 2.30. The Morgan fingerprint density at radius 1 is 1.31 bits per heavy atom. The molecular weight excluding hydrogens is 201 g/mol. The number of nitrogens with two attached hydrogens (primary N) is 1. The second kappa shape index (κ2) is 4.96. The fraction of sp³-hybridized carbons (Fsp3) is 0.571. The van der Waals surface area contributed by atoms with E-state index in [-0.39, 0.29) is 11.7 Å². The predicted molar refractivity (Wildman–Crippen MR) is 65.1 cm³/mol. The van der Waals surface area contributed by atoms with Crippen LogP contribution < -0.4 is 5.73 Å². The minimum absolute atomic E-state index is 0.0400. The van der Waals surface area contributed by atoms with E-state index in [2.05, 4.69) is 13.0 Å². The Bertz CT molecular complexity index is 373. The van der Waals surface area contributed by atoms with E-state index >= 15 is 0 Å². The summed E-state index contributed by atoms with van der Waals surface area (Å²) in [7, 11) is 0. The molecule has 1 atom stereocenters. The highest BCUT2D eigenvalue weighted by molar-refractivity contribution is 5.37. The van der Waals surface area contributed by atoms with Crippen LogP contribution in [0.3, 0.4) is 0 Å². The van der Waals surface area contributed by atoms with Crippen LogP contribution in [0.1, 0.15) is 48.8 Å². The molecule has 2 N–H and O–H groups in total. The number of benzene rings is 1. The van der Waals surface area contributed by atoms with E-state index < -0.39 is 0 Å². The summed E-state index contributed by atoms with van der Waals surface area (Å²) in [4.78, 5) is 0. The van der Waals surface area contributed by atoms with Gasteiger partial charge in [0.15, 0.2) is 0 Å². The summed E-state index contributed by atoms with van der Waals surface area (Å²) in [6.07, 6.45) is 5.13. The van der Waals surface area contributed by atoms with Crippen molar-refractivity contribution in [2.24, 2.45) is 5.73 Å². The number of halogens is 1. The summed E-state index contributed by atoms with van der Waals surface area (Å²) in [5.41, 5.74) is 8.57. The van der Waals surface area contributed by atoms with Crippen molar-refractivity contribution in [2.45, 2.75) is 44.9 Å². The van der Waals surface area contributed by atoms with E-state index in [1.165, 1.54) is 12.0 Å². The second-order valence-corrected chi connectivity index (χ2v) is 4.79. The zero-order valence-electron chi connectivity index (χ0n) is 9.93. The van der Waals surface area contributed by atoms with Crippen molar-refractivity contribution in [1.82, 2.24) is 0 Å². The topological polar surface area (TPSA) is 26.0 Å². The van der Waals surface area contributed by atoms with Crippen LogP contribution in [0, 0.1) is 5.82 Å². The van der Waals surface area contributed by atoms with E-state index in [4.69, 9.17) is 5.73 Å². The highest BCUT2D eigenvalue weighted by atomic mass is 19.1. The molecule has 0 aliphatic heterocycles. The lowest BCUT2D eigenvalue weighted by molar-refractivity contribution is 0.544. The van der Waals surface area contributed by atoms with Crippen molar-refractivity contribution >= 4 is 0 Å². The standard InChI is InChI=1S/C14H20FN/c1-10(8-9-16)12-7-6-11-4-2-3-5-13(11)14(12)15/h6-7,10H,2-5,8-9,16H2,1H3. The van der Waals surface area contributed by atoms with Gasteiger partial charge in [0.2, 0.25) is 0 Å². The fourth-order valence-corrected chi connectivity index (χ4v) is 2.59. The zero-order chi connectivity index (χ0) is 11.5. The van der Waals surface area contributed by atoms with E-state index in [0.717, 1.165) is 36.8 Å². The van der Waals surface area contributed by atoms with Crippen molar-refractivity contribution < 1.29 is 4.39 Å². The van der Waals surface area contributed by atoms with E-state index in [9.17, 15) is 4.39 Å². The first-order valence-electron chi connectivity index (χ1n) is 6.24. The average molecular weight is 221 g/mol. The predicted octanol–water partition coefficient (Wildman–Crippen LogP) is 3.16. The Balaban J connectivity index is 2.33. The normalized spacial score (nSPS) is 16.9. The third kappa shape index (κ3) is 2.12. The Morgan fingerprint density at radius 2 is 2.06 bits per heavy atom. The molecule has 0 saturated carbocycles. The van der Waals surface area contributed by atoms with Crippen molar-refractivity contribution in [1.29, 1.82) is 0 Å². The Kier molecular flexibility index (Phi) is 3.59. The SMILES string of the molecule is CC(CCN)c1ccc2c(c1F)CCCC2. The number of hydrogen-bond donors (Lipinski definition) is 1. The molecule has 0 radical (unpaired) electrons. The molecule has 0 bridgehead atoms. The van der Waals surface area contributed by atoms with Gasteiger partial charge in [-0.05, 0) is 61.3 Å². The molecule has 0 aromatic heterocycles. The maximum absolute atomic E-state index is 14.3. The molecule has 1 aromatic carbocycles. The molecule has 0 fully saturated rings. The lowest BCUT2D eigenvalue weighted by Gasteiger charge is -2.20. The lowest BCUT2D eigenvalue weighted by Crippen LogP contribution is -2.11. The van der Waals surface area contributed by atoms with Crippen LogP contribution in [0.25, 0.3) is 0 Å². The van der Waals surface area contributed by atoms with Crippen LogP contribution in [-0.4, -0.2) is 6.54 Å². The Labute approximate surface area is 96.9 Å². The van der Waals surface area contributed by atoms with Crippen LogP contribution in [0.4, 0.5) is 4.39 Å². The van der Waals surface area contributed by atoms with Gasteiger partial charge in [-0.25, -0.2) is 4.39 Å². The van der Waals surface area contributed by atoms with E-state index in [1.807, 2.05) is 6.07 Å². The first-order chi connectivity index (χ1) is 7.74. The van der Waals surface area contributed by atoms with Gasteiger partial charge in [0, 0.05) is 0 Å². The molecule has 1 unspecified atom stereocenters. The minimum Gasteiger partial charge on any atom is -0.330 e. The number of hydrogen-bond acceptors (Lipinski definition) is 1. The van der Waals surface area contributed by atoms with Crippen molar-refractivity contribution in [3.05, 3.63) is 34.6 Å². The van der Waals surface area contributed by atoms with E-state index in [0.29, 0.717) is 6.54 Å². The molecule has 0 amide bonds. The van der Waals surface area contributed by atoms with Gasteiger partial charge in [-0.2, -0.15) is 0 Å². The van der Waals surface area contributed by atoms with Gasteiger partial charge in [-0.1, -0.05) is 19.1 Å². The van der Waals surface area contributed by atoms with Crippen LogP contribution >= 0.6 is 0 Å².